The molecule has 0 aliphatic carbocycles. The van der Waals surface area contributed by atoms with Gasteiger partial charge < -0.3 is 15.4 Å². The van der Waals surface area contributed by atoms with Gasteiger partial charge in [0.2, 0.25) is 0 Å². The van der Waals surface area contributed by atoms with Gasteiger partial charge in [-0.1, -0.05) is 18.2 Å². The smallest absolute Gasteiger partial charge is 0.123 e. The number of rotatable bonds is 3. The third-order valence-electron chi connectivity index (χ3n) is 3.84. The molecule has 0 aromatic heterocycles. The molecule has 17 heavy (non-hydrogen) atoms. The molecule has 2 N–H and O–H groups in total. The second-order valence-electron chi connectivity index (χ2n) is 5.42. The molecular formula is C14H20N2O. The summed E-state index contributed by atoms with van der Waals surface area (Å²) in [6.45, 7) is 5.41. The van der Waals surface area contributed by atoms with Crippen molar-refractivity contribution in [1.82, 2.24) is 10.6 Å². The van der Waals surface area contributed by atoms with Crippen LogP contribution in [-0.2, 0) is 6.42 Å². The van der Waals surface area contributed by atoms with Crippen LogP contribution in [0.15, 0.2) is 24.3 Å². The Morgan fingerprint density at radius 1 is 1.47 bits per heavy atom. The lowest BCUT2D eigenvalue weighted by atomic mass is 10.0. The van der Waals surface area contributed by atoms with Crippen molar-refractivity contribution >= 4 is 0 Å². The van der Waals surface area contributed by atoms with E-state index in [0.29, 0.717) is 6.10 Å². The molecule has 2 atom stereocenters. The molecule has 2 heterocycles. The fraction of sp³-hybridized carbons (Fsp3) is 0.571. The largest absolute Gasteiger partial charge is 0.488 e. The minimum atomic E-state index is 0.248. The number of nitrogens with one attached hydrogen (secondary N) is 2. The van der Waals surface area contributed by atoms with Crippen LogP contribution in [0, 0.1) is 0 Å². The average molecular weight is 232 g/mol. The molecule has 3 nitrogen and oxygen atoms in total. The highest BCUT2D eigenvalue weighted by molar-refractivity contribution is 5.37. The number of para-hydroxylation sites is 1. The van der Waals surface area contributed by atoms with Gasteiger partial charge in [0.25, 0.3) is 0 Å². The Morgan fingerprint density at radius 3 is 3.12 bits per heavy atom. The fourth-order valence-electron chi connectivity index (χ4n) is 2.70. The van der Waals surface area contributed by atoms with Gasteiger partial charge in [-0.05, 0) is 31.5 Å². The molecule has 1 aromatic carbocycles. The first-order chi connectivity index (χ1) is 8.25. The monoisotopic (exact) mass is 232 g/mol. The molecule has 0 bridgehead atoms. The summed E-state index contributed by atoms with van der Waals surface area (Å²) < 4.78 is 5.93. The van der Waals surface area contributed by atoms with E-state index in [1.807, 2.05) is 6.07 Å². The van der Waals surface area contributed by atoms with E-state index in [0.717, 1.165) is 31.8 Å². The van der Waals surface area contributed by atoms with Gasteiger partial charge in [-0.2, -0.15) is 0 Å². The SMILES string of the molecule is CC1(NCC2Cc3ccccc3O2)CCNC1. The minimum absolute atomic E-state index is 0.248. The molecule has 2 aliphatic heterocycles. The molecule has 1 aromatic rings. The lowest BCUT2D eigenvalue weighted by molar-refractivity contribution is 0.208. The molecule has 0 amide bonds. The Balaban J connectivity index is 1.55. The molecule has 3 heteroatoms. The summed E-state index contributed by atoms with van der Waals surface area (Å²) in [7, 11) is 0. The van der Waals surface area contributed by atoms with Crippen molar-refractivity contribution in [2.24, 2.45) is 0 Å². The highest BCUT2D eigenvalue weighted by atomic mass is 16.5. The maximum atomic E-state index is 5.93. The van der Waals surface area contributed by atoms with Gasteiger partial charge >= 0.3 is 0 Å². The van der Waals surface area contributed by atoms with Crippen LogP contribution in [0.1, 0.15) is 18.9 Å². The van der Waals surface area contributed by atoms with E-state index in [1.165, 1.54) is 12.0 Å². The van der Waals surface area contributed by atoms with Crippen LogP contribution in [0.2, 0.25) is 0 Å². The first-order valence-corrected chi connectivity index (χ1v) is 6.45. The second kappa shape index (κ2) is 4.31. The van der Waals surface area contributed by atoms with E-state index < -0.39 is 0 Å². The molecule has 2 aliphatic rings. The van der Waals surface area contributed by atoms with Crippen molar-refractivity contribution < 1.29 is 4.74 Å². The molecule has 1 fully saturated rings. The molecule has 92 valence electrons. The summed E-state index contributed by atoms with van der Waals surface area (Å²) in [5.74, 6) is 1.06. The zero-order valence-electron chi connectivity index (χ0n) is 10.3. The summed E-state index contributed by atoms with van der Waals surface area (Å²) in [5.41, 5.74) is 1.59. The summed E-state index contributed by atoms with van der Waals surface area (Å²) >= 11 is 0. The highest BCUT2D eigenvalue weighted by Crippen LogP contribution is 2.28. The number of hydrogen-bond acceptors (Lipinski definition) is 3. The van der Waals surface area contributed by atoms with E-state index >= 15 is 0 Å². The molecule has 1 saturated heterocycles. The zero-order valence-corrected chi connectivity index (χ0v) is 10.3. The standard InChI is InChI=1S/C14H20N2O/c1-14(6-7-15-10-14)16-9-12-8-11-4-2-3-5-13(11)17-12/h2-5,12,15-16H,6-10H2,1H3. The Labute approximate surface area is 103 Å². The van der Waals surface area contributed by atoms with Crippen molar-refractivity contribution in [2.45, 2.75) is 31.4 Å². The van der Waals surface area contributed by atoms with Gasteiger partial charge in [0, 0.05) is 25.0 Å². The van der Waals surface area contributed by atoms with Crippen LogP contribution in [0.3, 0.4) is 0 Å². The first-order valence-electron chi connectivity index (χ1n) is 6.45. The van der Waals surface area contributed by atoms with Crippen molar-refractivity contribution in [3.8, 4) is 5.75 Å². The normalized spacial score (nSPS) is 31.2. The fourth-order valence-corrected chi connectivity index (χ4v) is 2.70. The van der Waals surface area contributed by atoms with Crippen LogP contribution in [-0.4, -0.2) is 31.3 Å². The van der Waals surface area contributed by atoms with Gasteiger partial charge in [-0.3, -0.25) is 0 Å². The zero-order chi connectivity index (χ0) is 11.7. The molecule has 3 rings (SSSR count). The number of benzene rings is 1. The molecule has 0 radical (unpaired) electrons. The topological polar surface area (TPSA) is 33.3 Å². The van der Waals surface area contributed by atoms with Crippen LogP contribution in [0.5, 0.6) is 5.75 Å². The Hall–Kier alpha value is -1.06. The van der Waals surface area contributed by atoms with Gasteiger partial charge in [-0.15, -0.1) is 0 Å². The van der Waals surface area contributed by atoms with Crippen LogP contribution < -0.4 is 15.4 Å². The first kappa shape index (κ1) is 11.1. The van der Waals surface area contributed by atoms with Crippen molar-refractivity contribution in [1.29, 1.82) is 0 Å². The maximum Gasteiger partial charge on any atom is 0.123 e. The van der Waals surface area contributed by atoms with Crippen molar-refractivity contribution in [2.75, 3.05) is 19.6 Å². The van der Waals surface area contributed by atoms with Crippen molar-refractivity contribution in [3.05, 3.63) is 29.8 Å². The van der Waals surface area contributed by atoms with E-state index in [4.69, 9.17) is 4.74 Å². The second-order valence-corrected chi connectivity index (χ2v) is 5.42. The minimum Gasteiger partial charge on any atom is -0.488 e. The predicted molar refractivity (Wildman–Crippen MR) is 68.5 cm³/mol. The van der Waals surface area contributed by atoms with Gasteiger partial charge in [0.05, 0.1) is 0 Å². The lowest BCUT2D eigenvalue weighted by Gasteiger charge is -2.26. The Kier molecular flexibility index (Phi) is 2.81. The molecule has 2 unspecified atom stereocenters. The summed E-state index contributed by atoms with van der Waals surface area (Å²) in [5, 5.41) is 7.05. The molecule has 0 saturated carbocycles. The molecule has 0 spiro atoms. The highest BCUT2D eigenvalue weighted by Gasteiger charge is 2.30. The summed E-state index contributed by atoms with van der Waals surface area (Å²) in [6.07, 6.45) is 2.53. The van der Waals surface area contributed by atoms with Crippen LogP contribution in [0.25, 0.3) is 0 Å². The quantitative estimate of drug-likeness (QED) is 0.825. The average Bonchev–Trinajstić information content (AvgIpc) is 2.93. The lowest BCUT2D eigenvalue weighted by Crippen LogP contribution is -2.48. The van der Waals surface area contributed by atoms with E-state index in [9.17, 15) is 0 Å². The van der Waals surface area contributed by atoms with Gasteiger partial charge in [0.15, 0.2) is 0 Å². The summed E-state index contributed by atoms with van der Waals surface area (Å²) in [6, 6.07) is 8.35. The summed E-state index contributed by atoms with van der Waals surface area (Å²) in [4.78, 5) is 0. The van der Waals surface area contributed by atoms with Crippen LogP contribution in [0.4, 0.5) is 0 Å². The maximum absolute atomic E-state index is 5.93. The van der Waals surface area contributed by atoms with E-state index in [2.05, 4.69) is 35.8 Å². The molecular weight excluding hydrogens is 212 g/mol. The predicted octanol–water partition coefficient (Wildman–Crippen LogP) is 1.33. The third-order valence-corrected chi connectivity index (χ3v) is 3.84. The Morgan fingerprint density at radius 2 is 2.35 bits per heavy atom. The number of ether oxygens (including phenoxy) is 1. The van der Waals surface area contributed by atoms with E-state index in [-0.39, 0.29) is 5.54 Å². The number of hydrogen-bond donors (Lipinski definition) is 2. The van der Waals surface area contributed by atoms with Crippen LogP contribution >= 0.6 is 0 Å². The number of fused-ring (bicyclic) bond motifs is 1. The van der Waals surface area contributed by atoms with Gasteiger partial charge in [0.1, 0.15) is 11.9 Å². The Bertz CT molecular complexity index is 374. The third kappa shape index (κ3) is 2.31. The van der Waals surface area contributed by atoms with E-state index in [1.54, 1.807) is 0 Å². The van der Waals surface area contributed by atoms with Gasteiger partial charge in [-0.25, -0.2) is 0 Å². The van der Waals surface area contributed by atoms with Crippen molar-refractivity contribution in [3.63, 3.8) is 0 Å².